The largest absolute Gasteiger partial charge is 0.368 e. The molecule has 0 unspecified atom stereocenters. The lowest BCUT2D eigenvalue weighted by atomic mass is 9.91. The number of anilines is 1. The minimum atomic E-state index is -0.695. The third-order valence-electron chi connectivity index (χ3n) is 4.03. The van der Waals surface area contributed by atoms with Gasteiger partial charge in [0.1, 0.15) is 5.60 Å². The fourth-order valence-corrected chi connectivity index (χ4v) is 2.58. The van der Waals surface area contributed by atoms with Gasteiger partial charge in [0.2, 0.25) is 0 Å². The van der Waals surface area contributed by atoms with E-state index in [1.54, 1.807) is 7.11 Å². The number of piperidine rings is 1. The van der Waals surface area contributed by atoms with Crippen molar-refractivity contribution in [3.63, 3.8) is 0 Å². The fraction of sp³-hybridized carbons (Fsp3) is 0.562. The summed E-state index contributed by atoms with van der Waals surface area (Å²) in [7, 11) is 1.62. The zero-order valence-corrected chi connectivity index (χ0v) is 13.8. The van der Waals surface area contributed by atoms with Crippen LogP contribution in [0, 0.1) is 0 Å². The fourth-order valence-electron chi connectivity index (χ4n) is 2.58. The summed E-state index contributed by atoms with van der Waals surface area (Å²) < 4.78 is 5.54. The van der Waals surface area contributed by atoms with Gasteiger partial charge in [-0.2, -0.15) is 0 Å². The van der Waals surface area contributed by atoms with Crippen molar-refractivity contribution < 1.29 is 9.53 Å². The number of nitrogens with one attached hydrogen (secondary N) is 2. The molecule has 0 radical (unpaired) electrons. The Kier molecular flexibility index (Phi) is 6.65. The van der Waals surface area contributed by atoms with Gasteiger partial charge < -0.3 is 15.4 Å². The molecule has 1 fully saturated rings. The number of hydrogen-bond donors (Lipinski definition) is 2. The van der Waals surface area contributed by atoms with E-state index in [2.05, 4.69) is 30.5 Å². The van der Waals surface area contributed by atoms with Crippen molar-refractivity contribution in [3.05, 3.63) is 29.8 Å². The van der Waals surface area contributed by atoms with Crippen LogP contribution in [-0.2, 0) is 9.53 Å². The van der Waals surface area contributed by atoms with Crippen molar-refractivity contribution >= 4 is 24.0 Å². The van der Waals surface area contributed by atoms with Crippen LogP contribution in [0.2, 0.25) is 0 Å². The normalized spacial score (nSPS) is 17.1. The average Bonchev–Trinajstić information content (AvgIpc) is 2.48. The monoisotopic (exact) mass is 312 g/mol. The Bertz CT molecular complexity index is 471. The first-order valence-corrected chi connectivity index (χ1v) is 7.25. The lowest BCUT2D eigenvalue weighted by Gasteiger charge is -2.34. The molecule has 5 heteroatoms. The van der Waals surface area contributed by atoms with Crippen LogP contribution in [0.5, 0.6) is 0 Å². The van der Waals surface area contributed by atoms with E-state index in [9.17, 15) is 4.79 Å². The van der Waals surface area contributed by atoms with Gasteiger partial charge in [0.05, 0.1) is 0 Å². The molecule has 1 aromatic carbocycles. The van der Waals surface area contributed by atoms with Crippen molar-refractivity contribution in [1.29, 1.82) is 0 Å². The minimum absolute atomic E-state index is 0. The Balaban J connectivity index is 0.00000220. The van der Waals surface area contributed by atoms with Gasteiger partial charge in [0, 0.05) is 12.8 Å². The van der Waals surface area contributed by atoms with E-state index < -0.39 is 5.60 Å². The van der Waals surface area contributed by atoms with E-state index in [-0.39, 0.29) is 18.3 Å². The minimum Gasteiger partial charge on any atom is -0.368 e. The maximum Gasteiger partial charge on any atom is 0.256 e. The second kappa shape index (κ2) is 7.78. The highest BCUT2D eigenvalue weighted by atomic mass is 35.5. The number of ether oxygens (including phenoxy) is 1. The SMILES string of the molecule is COC1(C(=O)Nc2cccc(C(C)C)c2)CCNCC1.Cl. The van der Waals surface area contributed by atoms with Crippen molar-refractivity contribution in [1.82, 2.24) is 5.32 Å². The molecule has 0 atom stereocenters. The average molecular weight is 313 g/mol. The van der Waals surface area contributed by atoms with Gasteiger partial charge in [-0.25, -0.2) is 0 Å². The summed E-state index contributed by atoms with van der Waals surface area (Å²) in [6, 6.07) is 8.02. The van der Waals surface area contributed by atoms with Crippen LogP contribution in [-0.4, -0.2) is 31.7 Å². The van der Waals surface area contributed by atoms with Crippen LogP contribution in [0.3, 0.4) is 0 Å². The molecular formula is C16H25ClN2O2. The van der Waals surface area contributed by atoms with E-state index in [0.29, 0.717) is 18.8 Å². The van der Waals surface area contributed by atoms with E-state index in [0.717, 1.165) is 18.8 Å². The molecule has 0 aliphatic carbocycles. The number of carbonyl (C=O) groups is 1. The number of methoxy groups -OCH3 is 1. The van der Waals surface area contributed by atoms with Crippen LogP contribution in [0.4, 0.5) is 5.69 Å². The lowest BCUT2D eigenvalue weighted by molar-refractivity contribution is -0.140. The Morgan fingerprint density at radius 1 is 1.33 bits per heavy atom. The van der Waals surface area contributed by atoms with E-state index in [4.69, 9.17) is 4.74 Å². The topological polar surface area (TPSA) is 50.4 Å². The smallest absolute Gasteiger partial charge is 0.256 e. The number of halogens is 1. The van der Waals surface area contributed by atoms with Crippen molar-refractivity contribution in [2.45, 2.75) is 38.2 Å². The van der Waals surface area contributed by atoms with Crippen LogP contribution in [0.15, 0.2) is 24.3 Å². The summed E-state index contributed by atoms with van der Waals surface area (Å²) in [5.74, 6) is 0.407. The second-order valence-electron chi connectivity index (χ2n) is 5.68. The number of benzene rings is 1. The van der Waals surface area contributed by atoms with E-state index >= 15 is 0 Å². The molecule has 1 amide bonds. The molecule has 2 rings (SSSR count). The molecule has 0 spiro atoms. The summed E-state index contributed by atoms with van der Waals surface area (Å²) in [6.45, 7) is 5.91. The Morgan fingerprint density at radius 3 is 2.57 bits per heavy atom. The predicted molar refractivity (Wildman–Crippen MR) is 88.3 cm³/mol. The molecule has 0 bridgehead atoms. The molecule has 1 saturated heterocycles. The molecule has 0 aromatic heterocycles. The van der Waals surface area contributed by atoms with Crippen molar-refractivity contribution in [3.8, 4) is 0 Å². The Morgan fingerprint density at radius 2 is 2.00 bits per heavy atom. The second-order valence-corrected chi connectivity index (χ2v) is 5.68. The Hall–Kier alpha value is -1.10. The first kappa shape index (κ1) is 18.0. The zero-order chi connectivity index (χ0) is 14.6. The summed E-state index contributed by atoms with van der Waals surface area (Å²) in [6.07, 6.45) is 1.42. The van der Waals surface area contributed by atoms with Crippen molar-refractivity contribution in [2.24, 2.45) is 0 Å². The molecule has 21 heavy (non-hydrogen) atoms. The quantitative estimate of drug-likeness (QED) is 0.898. The van der Waals surface area contributed by atoms with E-state index in [1.807, 2.05) is 18.2 Å². The summed E-state index contributed by atoms with van der Waals surface area (Å²) >= 11 is 0. The van der Waals surface area contributed by atoms with Crippen LogP contribution >= 0.6 is 12.4 Å². The van der Waals surface area contributed by atoms with Crippen LogP contribution in [0.25, 0.3) is 0 Å². The van der Waals surface area contributed by atoms with E-state index in [1.165, 1.54) is 5.56 Å². The first-order chi connectivity index (χ1) is 9.57. The third-order valence-corrected chi connectivity index (χ3v) is 4.03. The van der Waals surface area contributed by atoms with Crippen LogP contribution < -0.4 is 10.6 Å². The molecule has 0 saturated carbocycles. The molecule has 1 heterocycles. The number of hydrogen-bond acceptors (Lipinski definition) is 3. The number of amides is 1. The standard InChI is InChI=1S/C16H24N2O2.ClH/c1-12(2)13-5-4-6-14(11-13)18-15(19)16(20-3)7-9-17-10-8-16;/h4-6,11-12,17H,7-10H2,1-3H3,(H,18,19);1H. The Labute approximate surface area is 133 Å². The highest BCUT2D eigenvalue weighted by molar-refractivity contribution is 5.97. The predicted octanol–water partition coefficient (Wildman–Crippen LogP) is 2.94. The molecule has 1 aromatic rings. The molecule has 2 N–H and O–H groups in total. The molecule has 1 aliphatic rings. The third kappa shape index (κ3) is 4.19. The van der Waals surface area contributed by atoms with Gasteiger partial charge >= 0.3 is 0 Å². The van der Waals surface area contributed by atoms with Crippen molar-refractivity contribution in [2.75, 3.05) is 25.5 Å². The summed E-state index contributed by atoms with van der Waals surface area (Å²) in [4.78, 5) is 12.5. The summed E-state index contributed by atoms with van der Waals surface area (Å²) in [5, 5.41) is 6.26. The van der Waals surface area contributed by atoms with Gasteiger partial charge in [0.25, 0.3) is 5.91 Å². The van der Waals surface area contributed by atoms with Gasteiger partial charge in [-0.1, -0.05) is 26.0 Å². The summed E-state index contributed by atoms with van der Waals surface area (Å²) in [5.41, 5.74) is 1.37. The molecule has 1 aliphatic heterocycles. The number of carbonyl (C=O) groups excluding carboxylic acids is 1. The maximum atomic E-state index is 12.5. The van der Waals surface area contributed by atoms with Gasteiger partial charge in [-0.05, 0) is 49.5 Å². The van der Waals surface area contributed by atoms with Crippen LogP contribution in [0.1, 0.15) is 38.2 Å². The highest BCUT2D eigenvalue weighted by Crippen LogP contribution is 2.25. The molecular weight excluding hydrogens is 288 g/mol. The molecule has 4 nitrogen and oxygen atoms in total. The first-order valence-electron chi connectivity index (χ1n) is 7.25. The highest BCUT2D eigenvalue weighted by Gasteiger charge is 2.39. The zero-order valence-electron chi connectivity index (χ0n) is 12.9. The number of rotatable bonds is 4. The van der Waals surface area contributed by atoms with Gasteiger partial charge in [-0.15, -0.1) is 12.4 Å². The lowest BCUT2D eigenvalue weighted by Crippen LogP contribution is -2.51. The van der Waals surface area contributed by atoms with Gasteiger partial charge in [0.15, 0.2) is 0 Å². The van der Waals surface area contributed by atoms with Gasteiger partial charge in [-0.3, -0.25) is 4.79 Å². The maximum absolute atomic E-state index is 12.5. The molecule has 118 valence electrons.